The van der Waals surface area contributed by atoms with Gasteiger partial charge in [-0.3, -0.25) is 0 Å². The first-order chi connectivity index (χ1) is 13.0. The summed E-state index contributed by atoms with van der Waals surface area (Å²) < 4.78 is 45.5. The monoisotopic (exact) mass is 400 g/mol. The van der Waals surface area contributed by atoms with E-state index in [-0.39, 0.29) is 0 Å². The van der Waals surface area contributed by atoms with Crippen LogP contribution in [0.4, 0.5) is 0 Å². The summed E-state index contributed by atoms with van der Waals surface area (Å²) in [6.07, 6.45) is 4.44. The number of piperidine rings is 1. The number of rotatable bonds is 7. The third kappa shape index (κ3) is 3.91. The topological polar surface area (TPSA) is 98.0 Å². The van der Waals surface area contributed by atoms with Gasteiger partial charge in [-0.15, -0.1) is 0 Å². The normalized spacial score (nSPS) is 28.5. The maximum Gasteiger partial charge on any atom is 0.282 e. The van der Waals surface area contributed by atoms with E-state index in [1.54, 1.807) is 11.4 Å². The van der Waals surface area contributed by atoms with E-state index in [1.807, 2.05) is 0 Å². The van der Waals surface area contributed by atoms with Crippen molar-refractivity contribution >= 4 is 10.2 Å². The third-order valence-electron chi connectivity index (χ3n) is 5.79. The highest BCUT2D eigenvalue weighted by atomic mass is 32.2. The zero-order valence-corrected chi connectivity index (χ0v) is 16.6. The van der Waals surface area contributed by atoms with Crippen molar-refractivity contribution in [1.29, 1.82) is 0 Å². The average Bonchev–Trinajstić information content (AvgIpc) is 3.43. The van der Waals surface area contributed by atoms with E-state index in [1.165, 1.54) is 4.31 Å². The Morgan fingerprint density at radius 1 is 1.22 bits per heavy atom. The molecule has 0 spiro atoms. The third-order valence-corrected chi connectivity index (χ3v) is 7.77. The summed E-state index contributed by atoms with van der Waals surface area (Å²) in [5, 5.41) is 4.26. The lowest BCUT2D eigenvalue weighted by atomic mass is 9.77. The van der Waals surface area contributed by atoms with E-state index in [2.05, 4.69) is 10.1 Å². The lowest BCUT2D eigenvalue weighted by molar-refractivity contribution is 0.0673. The first-order valence-corrected chi connectivity index (χ1v) is 11.1. The average molecular weight is 401 g/mol. The minimum absolute atomic E-state index is 0.361. The zero-order chi connectivity index (χ0) is 18.9. The molecule has 2 aliphatic heterocycles. The standard InChI is InChI=1S/C17H28N4O5S/c1-24-10-6-17(16-18-15(26-19-16)14-3-4-14)5-2-7-21(13-17)27(22,23)20-8-11-25-12-9-20/h14H,2-13H2,1H3. The second kappa shape index (κ2) is 7.75. The van der Waals surface area contributed by atoms with Gasteiger partial charge in [0.1, 0.15) is 0 Å². The molecule has 0 bridgehead atoms. The summed E-state index contributed by atoms with van der Waals surface area (Å²) in [6, 6.07) is 0. The summed E-state index contributed by atoms with van der Waals surface area (Å²) in [5.74, 6) is 1.70. The molecule has 3 fully saturated rings. The van der Waals surface area contributed by atoms with Gasteiger partial charge in [0.2, 0.25) is 5.89 Å². The van der Waals surface area contributed by atoms with Crippen LogP contribution in [0.25, 0.3) is 0 Å². The molecule has 3 heterocycles. The van der Waals surface area contributed by atoms with Gasteiger partial charge >= 0.3 is 0 Å². The van der Waals surface area contributed by atoms with Gasteiger partial charge in [0.25, 0.3) is 10.2 Å². The second-order valence-electron chi connectivity index (χ2n) is 7.71. The number of hydrogen-bond donors (Lipinski definition) is 0. The molecule has 0 amide bonds. The Morgan fingerprint density at radius 2 is 2.00 bits per heavy atom. The Labute approximate surface area is 160 Å². The molecule has 1 aliphatic carbocycles. The van der Waals surface area contributed by atoms with Gasteiger partial charge in [-0.05, 0) is 32.1 Å². The van der Waals surface area contributed by atoms with Crippen LogP contribution < -0.4 is 0 Å². The molecule has 3 aliphatic rings. The molecular weight excluding hydrogens is 372 g/mol. The van der Waals surface area contributed by atoms with Crippen LogP contribution in [-0.2, 0) is 25.1 Å². The number of hydrogen-bond acceptors (Lipinski definition) is 7. The molecular formula is C17H28N4O5S. The minimum Gasteiger partial charge on any atom is -0.385 e. The Bertz CT molecular complexity index is 744. The van der Waals surface area contributed by atoms with Crippen LogP contribution in [-0.4, -0.2) is 80.3 Å². The van der Waals surface area contributed by atoms with Crippen molar-refractivity contribution in [3.05, 3.63) is 11.7 Å². The van der Waals surface area contributed by atoms with Gasteiger partial charge in [-0.2, -0.15) is 22.0 Å². The number of aromatic nitrogens is 2. The van der Waals surface area contributed by atoms with Crippen molar-refractivity contribution in [3.8, 4) is 0 Å². The summed E-state index contributed by atoms with van der Waals surface area (Å²) in [4.78, 5) is 4.66. The van der Waals surface area contributed by atoms with Gasteiger partial charge in [0.05, 0.1) is 13.2 Å². The predicted octanol–water partition coefficient (Wildman–Crippen LogP) is 0.894. The van der Waals surface area contributed by atoms with Crippen LogP contribution in [0, 0.1) is 0 Å². The van der Waals surface area contributed by atoms with E-state index in [0.29, 0.717) is 70.1 Å². The zero-order valence-electron chi connectivity index (χ0n) is 15.8. The first kappa shape index (κ1) is 19.3. The SMILES string of the molecule is COCCC1(c2noc(C3CC3)n2)CCCN(S(=O)(=O)N2CCOCC2)C1. The van der Waals surface area contributed by atoms with Crippen LogP contribution >= 0.6 is 0 Å². The maximum absolute atomic E-state index is 13.2. The quantitative estimate of drug-likeness (QED) is 0.670. The number of methoxy groups -OCH3 is 1. The minimum atomic E-state index is -3.53. The molecule has 1 aromatic heterocycles. The van der Waals surface area contributed by atoms with Gasteiger partial charge in [0, 0.05) is 51.2 Å². The Hall–Kier alpha value is -1.07. The highest BCUT2D eigenvalue weighted by Gasteiger charge is 2.46. The van der Waals surface area contributed by atoms with Crippen LogP contribution in [0.5, 0.6) is 0 Å². The molecule has 152 valence electrons. The Kier molecular flexibility index (Phi) is 5.52. The van der Waals surface area contributed by atoms with Crippen LogP contribution in [0.1, 0.15) is 49.7 Å². The summed E-state index contributed by atoms with van der Waals surface area (Å²) in [6.45, 7) is 3.09. The van der Waals surface area contributed by atoms with Gasteiger partial charge in [-0.25, -0.2) is 0 Å². The van der Waals surface area contributed by atoms with Crippen molar-refractivity contribution in [3.63, 3.8) is 0 Å². The van der Waals surface area contributed by atoms with Crippen molar-refractivity contribution in [2.24, 2.45) is 0 Å². The fourth-order valence-corrected chi connectivity index (χ4v) is 5.68. The largest absolute Gasteiger partial charge is 0.385 e. The molecule has 0 aromatic carbocycles. The molecule has 9 nitrogen and oxygen atoms in total. The molecule has 0 N–H and O–H groups in total. The summed E-state index contributed by atoms with van der Waals surface area (Å²) in [5.41, 5.74) is -0.468. The molecule has 27 heavy (non-hydrogen) atoms. The highest BCUT2D eigenvalue weighted by Crippen LogP contribution is 2.42. The van der Waals surface area contributed by atoms with E-state index < -0.39 is 15.6 Å². The molecule has 4 rings (SSSR count). The fourth-order valence-electron chi connectivity index (χ4n) is 3.97. The molecule has 2 saturated heterocycles. The lowest BCUT2D eigenvalue weighted by Crippen LogP contribution is -2.55. The van der Waals surface area contributed by atoms with Gasteiger partial charge < -0.3 is 14.0 Å². The van der Waals surface area contributed by atoms with E-state index in [4.69, 9.17) is 14.0 Å². The highest BCUT2D eigenvalue weighted by molar-refractivity contribution is 7.86. The molecule has 0 radical (unpaired) electrons. The van der Waals surface area contributed by atoms with Crippen LogP contribution in [0.2, 0.25) is 0 Å². The Morgan fingerprint density at radius 3 is 2.70 bits per heavy atom. The van der Waals surface area contributed by atoms with E-state index >= 15 is 0 Å². The van der Waals surface area contributed by atoms with Crippen LogP contribution in [0.3, 0.4) is 0 Å². The van der Waals surface area contributed by atoms with E-state index in [0.717, 1.165) is 25.7 Å². The fraction of sp³-hybridized carbons (Fsp3) is 0.882. The predicted molar refractivity (Wildman–Crippen MR) is 96.6 cm³/mol. The van der Waals surface area contributed by atoms with Gasteiger partial charge in [-0.1, -0.05) is 5.16 Å². The number of nitrogens with zero attached hydrogens (tertiary/aromatic N) is 4. The maximum atomic E-state index is 13.2. The molecule has 1 saturated carbocycles. The van der Waals surface area contributed by atoms with Crippen molar-refractivity contribution < 1.29 is 22.4 Å². The molecule has 1 aromatic rings. The number of ether oxygens (including phenoxy) is 2. The molecule has 10 heteroatoms. The van der Waals surface area contributed by atoms with E-state index in [9.17, 15) is 8.42 Å². The lowest BCUT2D eigenvalue weighted by Gasteiger charge is -2.42. The van der Waals surface area contributed by atoms with Gasteiger partial charge in [0.15, 0.2) is 5.82 Å². The summed E-state index contributed by atoms with van der Waals surface area (Å²) in [7, 11) is -1.87. The smallest absolute Gasteiger partial charge is 0.282 e. The molecule has 1 unspecified atom stereocenters. The first-order valence-electron chi connectivity index (χ1n) is 9.71. The van der Waals surface area contributed by atoms with Crippen molar-refractivity contribution in [1.82, 2.24) is 18.8 Å². The second-order valence-corrected chi connectivity index (χ2v) is 9.64. The van der Waals surface area contributed by atoms with Crippen molar-refractivity contribution in [2.45, 2.75) is 43.4 Å². The van der Waals surface area contributed by atoms with Crippen LogP contribution in [0.15, 0.2) is 4.52 Å². The molecule has 1 atom stereocenters. The van der Waals surface area contributed by atoms with Crippen molar-refractivity contribution in [2.75, 3.05) is 53.1 Å². The summed E-state index contributed by atoms with van der Waals surface area (Å²) >= 11 is 0. The number of morpholine rings is 1. The Balaban J connectivity index is 1.58.